The van der Waals surface area contributed by atoms with Gasteiger partial charge in [-0.25, -0.2) is 4.39 Å². The molecule has 0 spiro atoms. The molecule has 0 bridgehead atoms. The highest BCUT2D eigenvalue weighted by Gasteiger charge is 2.03. The molecule has 0 amide bonds. The van der Waals surface area contributed by atoms with E-state index in [1.165, 1.54) is 12.1 Å². The van der Waals surface area contributed by atoms with Gasteiger partial charge in [-0.1, -0.05) is 11.6 Å². The van der Waals surface area contributed by atoms with E-state index in [4.69, 9.17) is 11.6 Å². The summed E-state index contributed by atoms with van der Waals surface area (Å²) in [6, 6.07) is 6.30. The molecule has 1 aromatic carbocycles. The topological polar surface area (TPSA) is 29.9 Å². The predicted octanol–water partition coefficient (Wildman–Crippen LogP) is 2.50. The average Bonchev–Trinajstić information content (AvgIpc) is 2.70. The van der Waals surface area contributed by atoms with Crippen molar-refractivity contribution in [3.63, 3.8) is 0 Å². The third kappa shape index (κ3) is 3.05. The number of hydrogen-bond donors (Lipinski definition) is 1. The van der Waals surface area contributed by atoms with Gasteiger partial charge < -0.3 is 5.32 Å². The highest BCUT2D eigenvalue weighted by atomic mass is 35.5. The molecule has 0 saturated carbocycles. The van der Waals surface area contributed by atoms with Gasteiger partial charge in [0.2, 0.25) is 0 Å². The number of benzene rings is 1. The van der Waals surface area contributed by atoms with Crippen LogP contribution >= 0.6 is 11.6 Å². The first-order valence-electron chi connectivity index (χ1n) is 5.28. The molecule has 0 atom stereocenters. The average molecular weight is 254 g/mol. The Labute approximate surface area is 104 Å². The van der Waals surface area contributed by atoms with Crippen molar-refractivity contribution in [1.29, 1.82) is 0 Å². The van der Waals surface area contributed by atoms with Crippen molar-refractivity contribution >= 4 is 11.6 Å². The summed E-state index contributed by atoms with van der Waals surface area (Å²) < 4.78 is 14.8. The summed E-state index contributed by atoms with van der Waals surface area (Å²) in [5.74, 6) is -0.272. The molecule has 1 aromatic heterocycles. The lowest BCUT2D eigenvalue weighted by Crippen LogP contribution is -2.15. The van der Waals surface area contributed by atoms with Gasteiger partial charge in [-0.2, -0.15) is 5.10 Å². The number of nitrogens with zero attached hydrogens (tertiary/aromatic N) is 2. The molecule has 0 saturated heterocycles. The minimum absolute atomic E-state index is 0.272. The van der Waals surface area contributed by atoms with E-state index in [1.54, 1.807) is 16.9 Å². The number of aromatic nitrogens is 2. The van der Waals surface area contributed by atoms with Gasteiger partial charge in [0.25, 0.3) is 0 Å². The molecule has 0 radical (unpaired) electrons. The van der Waals surface area contributed by atoms with Crippen molar-refractivity contribution in [1.82, 2.24) is 15.1 Å². The molecule has 5 heteroatoms. The van der Waals surface area contributed by atoms with E-state index in [0.29, 0.717) is 18.1 Å². The summed E-state index contributed by atoms with van der Waals surface area (Å²) in [5, 5.41) is 7.84. The number of aryl methyl sites for hydroxylation is 1. The lowest BCUT2D eigenvalue weighted by Gasteiger charge is -2.07. The molecular formula is C12H13ClFN3. The van der Waals surface area contributed by atoms with Crippen LogP contribution < -0.4 is 5.32 Å². The van der Waals surface area contributed by atoms with Crippen molar-refractivity contribution in [2.45, 2.75) is 13.1 Å². The largest absolute Gasteiger partial charge is 0.307 e. The molecule has 0 aliphatic carbocycles. The molecule has 17 heavy (non-hydrogen) atoms. The van der Waals surface area contributed by atoms with Crippen molar-refractivity contribution in [2.75, 3.05) is 0 Å². The van der Waals surface area contributed by atoms with Gasteiger partial charge in [-0.05, 0) is 29.8 Å². The Morgan fingerprint density at radius 1 is 1.35 bits per heavy atom. The van der Waals surface area contributed by atoms with Crippen molar-refractivity contribution in [3.8, 4) is 0 Å². The Hall–Kier alpha value is -1.39. The zero-order chi connectivity index (χ0) is 12.3. The van der Waals surface area contributed by atoms with Crippen LogP contribution in [0.2, 0.25) is 5.02 Å². The van der Waals surface area contributed by atoms with Gasteiger partial charge in [0.1, 0.15) is 5.82 Å². The Morgan fingerprint density at radius 3 is 2.88 bits per heavy atom. The summed E-state index contributed by atoms with van der Waals surface area (Å²) in [4.78, 5) is 0. The van der Waals surface area contributed by atoms with E-state index in [9.17, 15) is 4.39 Å². The van der Waals surface area contributed by atoms with Crippen LogP contribution in [-0.2, 0) is 20.1 Å². The standard InChI is InChI=1S/C12H13ClFN3/c1-17-11(4-5-16-17)8-15-7-9-6-10(14)2-3-12(9)13/h2-6,15H,7-8H2,1H3. The Bertz CT molecular complexity index is 510. The number of hydrogen-bond acceptors (Lipinski definition) is 2. The molecule has 1 N–H and O–H groups in total. The third-order valence-corrected chi connectivity index (χ3v) is 2.92. The molecule has 3 nitrogen and oxygen atoms in total. The fraction of sp³-hybridized carbons (Fsp3) is 0.250. The van der Waals surface area contributed by atoms with E-state index in [-0.39, 0.29) is 5.82 Å². The first-order valence-corrected chi connectivity index (χ1v) is 5.66. The van der Waals surface area contributed by atoms with Gasteiger partial charge in [0.15, 0.2) is 0 Å². The number of nitrogens with one attached hydrogen (secondary N) is 1. The summed E-state index contributed by atoms with van der Waals surface area (Å²) >= 11 is 5.96. The van der Waals surface area contributed by atoms with Crippen LogP contribution in [0.1, 0.15) is 11.3 Å². The van der Waals surface area contributed by atoms with E-state index in [0.717, 1.165) is 11.3 Å². The van der Waals surface area contributed by atoms with E-state index >= 15 is 0 Å². The normalized spacial score (nSPS) is 10.8. The maximum Gasteiger partial charge on any atom is 0.123 e. The SMILES string of the molecule is Cn1nccc1CNCc1cc(F)ccc1Cl. The Morgan fingerprint density at radius 2 is 2.18 bits per heavy atom. The zero-order valence-electron chi connectivity index (χ0n) is 9.45. The fourth-order valence-electron chi connectivity index (χ4n) is 1.58. The fourth-order valence-corrected chi connectivity index (χ4v) is 1.76. The van der Waals surface area contributed by atoms with Crippen LogP contribution in [0, 0.1) is 5.82 Å². The Balaban J connectivity index is 1.94. The van der Waals surface area contributed by atoms with Gasteiger partial charge in [-0.3, -0.25) is 4.68 Å². The maximum atomic E-state index is 13.0. The molecule has 0 unspecified atom stereocenters. The lowest BCUT2D eigenvalue weighted by molar-refractivity contribution is 0.610. The van der Waals surface area contributed by atoms with Gasteiger partial charge in [0, 0.05) is 31.4 Å². The monoisotopic (exact) mass is 253 g/mol. The van der Waals surface area contributed by atoms with Gasteiger partial charge >= 0.3 is 0 Å². The van der Waals surface area contributed by atoms with Crippen LogP contribution in [0.25, 0.3) is 0 Å². The van der Waals surface area contributed by atoms with Crippen molar-refractivity contribution < 1.29 is 4.39 Å². The van der Waals surface area contributed by atoms with Crippen LogP contribution in [0.3, 0.4) is 0 Å². The van der Waals surface area contributed by atoms with Gasteiger partial charge in [0.05, 0.1) is 5.69 Å². The molecule has 1 heterocycles. The smallest absolute Gasteiger partial charge is 0.123 e. The maximum absolute atomic E-state index is 13.0. The molecule has 90 valence electrons. The molecule has 0 aliphatic rings. The second kappa shape index (κ2) is 5.29. The first kappa shape index (κ1) is 12.1. The number of halogens is 2. The molecule has 0 aliphatic heterocycles. The van der Waals surface area contributed by atoms with Crippen LogP contribution in [0.4, 0.5) is 4.39 Å². The molecule has 0 fully saturated rings. The highest BCUT2D eigenvalue weighted by Crippen LogP contribution is 2.16. The van der Waals surface area contributed by atoms with E-state index < -0.39 is 0 Å². The minimum atomic E-state index is -0.272. The second-order valence-electron chi connectivity index (χ2n) is 3.79. The summed E-state index contributed by atoms with van der Waals surface area (Å²) in [7, 11) is 1.88. The predicted molar refractivity (Wildman–Crippen MR) is 65.2 cm³/mol. The third-order valence-electron chi connectivity index (χ3n) is 2.55. The summed E-state index contributed by atoms with van der Waals surface area (Å²) in [5.41, 5.74) is 1.83. The lowest BCUT2D eigenvalue weighted by atomic mass is 10.2. The van der Waals surface area contributed by atoms with E-state index in [2.05, 4.69) is 10.4 Å². The van der Waals surface area contributed by atoms with Crippen LogP contribution in [0.15, 0.2) is 30.5 Å². The first-order chi connectivity index (χ1) is 8.16. The van der Waals surface area contributed by atoms with Gasteiger partial charge in [-0.15, -0.1) is 0 Å². The van der Waals surface area contributed by atoms with Crippen molar-refractivity contribution in [2.24, 2.45) is 7.05 Å². The molecule has 2 rings (SSSR count). The van der Waals surface area contributed by atoms with Crippen molar-refractivity contribution in [3.05, 3.63) is 52.6 Å². The second-order valence-corrected chi connectivity index (χ2v) is 4.19. The Kier molecular flexibility index (Phi) is 3.76. The zero-order valence-corrected chi connectivity index (χ0v) is 10.2. The molecular weight excluding hydrogens is 241 g/mol. The number of rotatable bonds is 4. The van der Waals surface area contributed by atoms with Crippen LogP contribution in [-0.4, -0.2) is 9.78 Å². The van der Waals surface area contributed by atoms with E-state index in [1.807, 2.05) is 13.1 Å². The highest BCUT2D eigenvalue weighted by molar-refractivity contribution is 6.31. The molecule has 2 aromatic rings. The summed E-state index contributed by atoms with van der Waals surface area (Å²) in [6.45, 7) is 1.20. The quantitative estimate of drug-likeness (QED) is 0.907. The van der Waals surface area contributed by atoms with Crippen LogP contribution in [0.5, 0.6) is 0 Å². The summed E-state index contributed by atoms with van der Waals surface area (Å²) in [6.07, 6.45) is 1.74. The minimum Gasteiger partial charge on any atom is -0.307 e.